The topological polar surface area (TPSA) is 55.2 Å². The highest BCUT2D eigenvalue weighted by Crippen LogP contribution is 2.46. The Morgan fingerprint density at radius 2 is 2.00 bits per heavy atom. The van der Waals surface area contributed by atoms with Crippen LogP contribution >= 0.6 is 0 Å². The summed E-state index contributed by atoms with van der Waals surface area (Å²) >= 11 is 0. The third-order valence-corrected chi connectivity index (χ3v) is 8.05. The highest BCUT2D eigenvalue weighted by molar-refractivity contribution is 7.92. The highest BCUT2D eigenvalue weighted by atomic mass is 32.2. The van der Waals surface area contributed by atoms with Crippen LogP contribution in [0.15, 0.2) is 59.8 Å². The van der Waals surface area contributed by atoms with Crippen LogP contribution in [0.5, 0.6) is 0 Å². The first kappa shape index (κ1) is 17.6. The summed E-state index contributed by atoms with van der Waals surface area (Å²) in [5, 5.41) is 3.78. The van der Waals surface area contributed by atoms with Gasteiger partial charge in [-0.2, -0.15) is 5.10 Å². The van der Waals surface area contributed by atoms with Crippen molar-refractivity contribution < 1.29 is 12.8 Å². The number of benzene rings is 2. The van der Waals surface area contributed by atoms with Gasteiger partial charge in [0, 0.05) is 44.4 Å². The molecule has 0 unspecified atom stereocenters. The van der Waals surface area contributed by atoms with Gasteiger partial charge in [0.1, 0.15) is 5.82 Å². The molecule has 0 spiro atoms. The van der Waals surface area contributed by atoms with Gasteiger partial charge in [-0.3, -0.25) is 9.58 Å². The van der Waals surface area contributed by atoms with Gasteiger partial charge in [0.05, 0.1) is 16.3 Å². The number of hydrogen-bond donors (Lipinski definition) is 0. The Kier molecular flexibility index (Phi) is 3.93. The molecule has 28 heavy (non-hydrogen) atoms. The van der Waals surface area contributed by atoms with Gasteiger partial charge in [-0.1, -0.05) is 18.2 Å². The van der Waals surface area contributed by atoms with Crippen molar-refractivity contribution in [2.75, 3.05) is 13.1 Å². The van der Waals surface area contributed by atoms with Crippen molar-refractivity contribution in [1.29, 1.82) is 0 Å². The van der Waals surface area contributed by atoms with E-state index in [0.29, 0.717) is 24.5 Å². The monoisotopic (exact) mass is 397 g/mol. The van der Waals surface area contributed by atoms with Gasteiger partial charge >= 0.3 is 0 Å². The highest BCUT2D eigenvalue weighted by Gasteiger charge is 2.50. The van der Waals surface area contributed by atoms with Crippen molar-refractivity contribution in [2.24, 2.45) is 7.05 Å². The van der Waals surface area contributed by atoms with Gasteiger partial charge in [0.25, 0.3) is 0 Å². The van der Waals surface area contributed by atoms with Gasteiger partial charge in [-0.05, 0) is 41.0 Å². The van der Waals surface area contributed by atoms with E-state index in [9.17, 15) is 12.8 Å². The summed E-state index contributed by atoms with van der Waals surface area (Å²) < 4.78 is 41.3. The Hall–Kier alpha value is -2.51. The molecule has 0 amide bonds. The minimum atomic E-state index is -3.35. The van der Waals surface area contributed by atoms with E-state index in [1.807, 2.05) is 31.4 Å². The summed E-state index contributed by atoms with van der Waals surface area (Å²) in [7, 11) is -1.49. The quantitative estimate of drug-likeness (QED) is 0.682. The third-order valence-electron chi connectivity index (χ3n) is 5.79. The predicted molar refractivity (Wildman–Crippen MR) is 104 cm³/mol. The van der Waals surface area contributed by atoms with Crippen molar-refractivity contribution >= 4 is 9.84 Å². The summed E-state index contributed by atoms with van der Waals surface area (Å²) in [6.45, 7) is 1.68. The summed E-state index contributed by atoms with van der Waals surface area (Å²) in [6, 6.07) is 12.1. The Morgan fingerprint density at radius 3 is 2.75 bits per heavy atom. The van der Waals surface area contributed by atoms with Crippen molar-refractivity contribution in [3.63, 3.8) is 0 Å². The molecule has 0 radical (unpaired) electrons. The third kappa shape index (κ3) is 2.77. The lowest BCUT2D eigenvalue weighted by molar-refractivity contribution is 0.325. The first-order chi connectivity index (χ1) is 13.4. The summed E-state index contributed by atoms with van der Waals surface area (Å²) in [6.07, 6.45) is 3.71. The number of aromatic nitrogens is 2. The number of rotatable bonds is 3. The molecule has 1 fully saturated rings. The zero-order chi connectivity index (χ0) is 19.5. The van der Waals surface area contributed by atoms with Crippen LogP contribution in [0.2, 0.25) is 0 Å². The number of sulfone groups is 1. The summed E-state index contributed by atoms with van der Waals surface area (Å²) in [4.78, 5) is 2.57. The summed E-state index contributed by atoms with van der Waals surface area (Å²) in [5.74, 6) is -0.318. The molecule has 0 N–H and O–H groups in total. The SMILES string of the molecule is Cn1cc(-c2ccc3c(c2)[C@@H]2CN(Cc4cccc(F)c4)C[C@@H]2S3(=O)=O)cn1. The fraction of sp³-hybridized carbons (Fsp3) is 0.286. The number of hydrogen-bond acceptors (Lipinski definition) is 4. The van der Waals surface area contributed by atoms with Gasteiger partial charge in [-0.15, -0.1) is 0 Å². The van der Waals surface area contributed by atoms with Gasteiger partial charge in [0.15, 0.2) is 9.84 Å². The van der Waals surface area contributed by atoms with Crippen LogP contribution in [0, 0.1) is 5.82 Å². The van der Waals surface area contributed by atoms with Crippen molar-refractivity contribution in [1.82, 2.24) is 14.7 Å². The fourth-order valence-corrected chi connectivity index (χ4v) is 6.69. The molecule has 2 atom stereocenters. The van der Waals surface area contributed by atoms with Crippen molar-refractivity contribution in [2.45, 2.75) is 22.6 Å². The average Bonchev–Trinajstić information content (AvgIpc) is 3.32. The van der Waals surface area contributed by atoms with E-state index in [1.54, 1.807) is 23.0 Å². The van der Waals surface area contributed by atoms with Crippen LogP contribution in [-0.4, -0.2) is 41.4 Å². The maximum Gasteiger partial charge on any atom is 0.183 e. The molecule has 144 valence electrons. The van der Waals surface area contributed by atoms with E-state index in [1.165, 1.54) is 12.1 Å². The minimum absolute atomic E-state index is 0.0508. The van der Waals surface area contributed by atoms with E-state index >= 15 is 0 Å². The lowest BCUT2D eigenvalue weighted by atomic mass is 9.95. The normalized spacial score (nSPS) is 22.9. The second kappa shape index (κ2) is 6.25. The number of fused-ring (bicyclic) bond motifs is 3. The zero-order valence-corrected chi connectivity index (χ0v) is 16.2. The van der Waals surface area contributed by atoms with Crippen molar-refractivity contribution in [3.05, 3.63) is 71.8 Å². The molecule has 0 aliphatic carbocycles. The first-order valence-corrected chi connectivity index (χ1v) is 10.8. The standard InChI is InChI=1S/C21H20FN3O2S/c1-24-11-16(9-23-24)15-5-6-20-18(8-15)19-12-25(13-21(19)28(20,26)27)10-14-3-2-4-17(22)7-14/h2-9,11,19,21H,10,12-13H2,1H3/t19-,21-/m0/s1. The molecule has 3 aromatic rings. The average molecular weight is 397 g/mol. The number of likely N-dealkylation sites (tertiary alicyclic amines) is 1. The smallest absolute Gasteiger partial charge is 0.183 e. The molecule has 1 aromatic heterocycles. The van der Waals surface area contributed by atoms with Gasteiger partial charge < -0.3 is 0 Å². The Morgan fingerprint density at radius 1 is 1.14 bits per heavy atom. The van der Waals surface area contributed by atoms with Crippen LogP contribution in [0.3, 0.4) is 0 Å². The molecule has 2 aliphatic rings. The minimum Gasteiger partial charge on any atom is -0.297 e. The second-order valence-electron chi connectivity index (χ2n) is 7.67. The van der Waals surface area contributed by atoms with Crippen LogP contribution < -0.4 is 0 Å². The van der Waals surface area contributed by atoms with E-state index in [-0.39, 0.29) is 11.7 Å². The molecule has 5 rings (SSSR count). The molecule has 2 aromatic carbocycles. The van der Waals surface area contributed by atoms with E-state index in [4.69, 9.17) is 0 Å². The Balaban J connectivity index is 1.47. The first-order valence-electron chi connectivity index (χ1n) is 9.25. The molecule has 5 nitrogen and oxygen atoms in total. The largest absolute Gasteiger partial charge is 0.297 e. The molecular formula is C21H20FN3O2S. The Bertz CT molecular complexity index is 1170. The molecule has 7 heteroatoms. The lowest BCUT2D eigenvalue weighted by Crippen LogP contribution is -2.25. The zero-order valence-electron chi connectivity index (χ0n) is 15.4. The van der Waals surface area contributed by atoms with Crippen LogP contribution in [-0.2, 0) is 23.4 Å². The van der Waals surface area contributed by atoms with Crippen LogP contribution in [0.25, 0.3) is 11.1 Å². The second-order valence-corrected chi connectivity index (χ2v) is 9.80. The van der Waals surface area contributed by atoms with Crippen molar-refractivity contribution in [3.8, 4) is 11.1 Å². The molecule has 1 saturated heterocycles. The van der Waals surface area contributed by atoms with E-state index in [2.05, 4.69) is 10.00 Å². The van der Waals surface area contributed by atoms with E-state index in [0.717, 1.165) is 22.3 Å². The molecule has 2 aliphatic heterocycles. The molecular weight excluding hydrogens is 377 g/mol. The lowest BCUT2D eigenvalue weighted by Gasteiger charge is -2.17. The fourth-order valence-electron chi connectivity index (χ4n) is 4.50. The molecule has 3 heterocycles. The van der Waals surface area contributed by atoms with Gasteiger partial charge in [-0.25, -0.2) is 12.8 Å². The number of nitrogens with zero attached hydrogens (tertiary/aromatic N) is 3. The van der Waals surface area contributed by atoms with Gasteiger partial charge in [0.2, 0.25) is 0 Å². The number of halogens is 1. The Labute approximate surface area is 163 Å². The summed E-state index contributed by atoms with van der Waals surface area (Å²) in [5.41, 5.74) is 3.71. The van der Waals surface area contributed by atoms with E-state index < -0.39 is 15.1 Å². The van der Waals surface area contributed by atoms with Crippen LogP contribution in [0.1, 0.15) is 17.0 Å². The maximum absolute atomic E-state index is 13.5. The maximum atomic E-state index is 13.5. The molecule has 0 bridgehead atoms. The predicted octanol–water partition coefficient (Wildman–Crippen LogP) is 2.98. The molecule has 0 saturated carbocycles. The van der Waals surface area contributed by atoms with Crippen LogP contribution in [0.4, 0.5) is 4.39 Å². The number of aryl methyl sites for hydroxylation is 1.